The quantitative estimate of drug-likeness (QED) is 0.102. The molecule has 206 valence electrons. The topological polar surface area (TPSA) is 90.0 Å². The Bertz CT molecular complexity index is 1110. The van der Waals surface area contributed by atoms with Crippen molar-refractivity contribution in [3.05, 3.63) is 76.9 Å². The monoisotopic (exact) mass is 541 g/mol. The van der Waals surface area contributed by atoms with E-state index in [1.54, 1.807) is 55.1 Å². The van der Waals surface area contributed by atoms with Gasteiger partial charge < -0.3 is 9.47 Å². The van der Waals surface area contributed by atoms with Crippen molar-refractivity contribution in [2.45, 2.75) is 53.7 Å². The van der Waals surface area contributed by atoms with E-state index in [-0.39, 0.29) is 19.0 Å². The Balaban J connectivity index is 0.00000172. The first-order chi connectivity index (χ1) is 18.3. The number of allylic oxidation sites excluding steroid dienone is 1. The second-order valence-corrected chi connectivity index (χ2v) is 8.94. The highest BCUT2D eigenvalue weighted by Crippen LogP contribution is 2.25. The van der Waals surface area contributed by atoms with Crippen LogP contribution in [0.3, 0.4) is 0 Å². The number of amides is 2. The molecule has 0 atom stereocenters. The summed E-state index contributed by atoms with van der Waals surface area (Å²) in [6.07, 6.45) is 1.07. The summed E-state index contributed by atoms with van der Waals surface area (Å²) in [5.41, 5.74) is 2.56. The Morgan fingerprint density at radius 2 is 1.55 bits per heavy atom. The summed E-state index contributed by atoms with van der Waals surface area (Å²) in [6, 6.07) is 11.8. The lowest BCUT2D eigenvalue weighted by Gasteiger charge is -2.13. The molecule has 2 amide bonds. The zero-order chi connectivity index (χ0) is 28.7. The van der Waals surface area contributed by atoms with Crippen molar-refractivity contribution in [1.82, 2.24) is 4.90 Å². The van der Waals surface area contributed by atoms with Gasteiger partial charge in [0.25, 0.3) is 11.8 Å². The maximum Gasteiger partial charge on any atom is 0.326 e. The second-order valence-electron chi connectivity index (χ2n) is 7.83. The molecule has 1 aliphatic rings. The maximum absolute atomic E-state index is 12.7. The molecular weight excluding hydrogens is 502 g/mol. The van der Waals surface area contributed by atoms with Gasteiger partial charge in [-0.2, -0.15) is 11.8 Å². The number of carbonyl (C=O) groups excluding carboxylic acids is 4. The maximum atomic E-state index is 12.7. The fourth-order valence-corrected chi connectivity index (χ4v) is 4.19. The lowest BCUT2D eigenvalue weighted by Crippen LogP contribution is -2.36. The smallest absolute Gasteiger partial charge is 0.326 e. The lowest BCUT2D eigenvalue weighted by atomic mass is 10.1. The first-order valence-electron chi connectivity index (χ1n) is 13.0. The third kappa shape index (κ3) is 9.17. The number of hydrogen-bond donors (Lipinski definition) is 0. The minimum atomic E-state index is -0.695. The van der Waals surface area contributed by atoms with Crippen LogP contribution in [0.2, 0.25) is 0 Å². The molecule has 1 heterocycles. The first-order valence-corrected chi connectivity index (χ1v) is 14.1. The Morgan fingerprint density at radius 1 is 0.921 bits per heavy atom. The van der Waals surface area contributed by atoms with E-state index >= 15 is 0 Å². The van der Waals surface area contributed by atoms with E-state index in [2.05, 4.69) is 13.5 Å². The number of benzene rings is 2. The van der Waals surface area contributed by atoms with E-state index in [1.807, 2.05) is 33.8 Å². The number of fused-ring (bicyclic) bond motifs is 1. The third-order valence-electron chi connectivity index (χ3n) is 5.06. The van der Waals surface area contributed by atoms with Crippen molar-refractivity contribution in [2.24, 2.45) is 0 Å². The van der Waals surface area contributed by atoms with Crippen LogP contribution >= 0.6 is 11.8 Å². The van der Waals surface area contributed by atoms with Crippen LogP contribution in [0.1, 0.15) is 84.6 Å². The van der Waals surface area contributed by atoms with Gasteiger partial charge in [-0.1, -0.05) is 47.3 Å². The van der Waals surface area contributed by atoms with Crippen molar-refractivity contribution < 1.29 is 28.7 Å². The molecule has 0 N–H and O–H groups in total. The Kier molecular flexibility index (Phi) is 14.8. The number of thioether (sulfide) groups is 1. The van der Waals surface area contributed by atoms with Gasteiger partial charge >= 0.3 is 5.97 Å². The SMILES string of the molecule is C=C(C)C(=O)c1ccc(OCCOC(=O)CN2C(=O)c3ccc(CSCCC)cc3C2=O)cc1.CC.CC. The molecule has 38 heavy (non-hydrogen) atoms. The molecule has 7 nitrogen and oxygen atoms in total. The lowest BCUT2D eigenvalue weighted by molar-refractivity contribution is -0.144. The van der Waals surface area contributed by atoms with E-state index in [1.165, 1.54) is 0 Å². The van der Waals surface area contributed by atoms with E-state index in [9.17, 15) is 19.2 Å². The second kappa shape index (κ2) is 17.2. The van der Waals surface area contributed by atoms with E-state index in [4.69, 9.17) is 9.47 Å². The number of hydrogen-bond acceptors (Lipinski definition) is 7. The summed E-state index contributed by atoms with van der Waals surface area (Å²) in [7, 11) is 0. The van der Waals surface area contributed by atoms with Gasteiger partial charge in [0.15, 0.2) is 5.78 Å². The molecule has 0 aliphatic carbocycles. The molecule has 0 aromatic heterocycles. The number of ether oxygens (including phenoxy) is 2. The first kappa shape index (κ1) is 32.6. The van der Waals surface area contributed by atoms with Crippen LogP contribution < -0.4 is 4.74 Å². The number of nitrogens with zero attached hydrogens (tertiary/aromatic N) is 1. The zero-order valence-electron chi connectivity index (χ0n) is 23.3. The predicted octanol–water partition coefficient (Wildman–Crippen LogP) is 6.36. The summed E-state index contributed by atoms with van der Waals surface area (Å²) in [6.45, 7) is 15.0. The van der Waals surface area contributed by atoms with Gasteiger partial charge in [0.1, 0.15) is 25.5 Å². The number of rotatable bonds is 12. The van der Waals surface area contributed by atoms with Crippen LogP contribution in [-0.4, -0.2) is 54.0 Å². The predicted molar refractivity (Wildman–Crippen MR) is 153 cm³/mol. The number of Topliss-reactive ketones (excluding diaryl/α,β-unsaturated/α-hetero) is 1. The van der Waals surface area contributed by atoms with E-state index in [0.29, 0.717) is 28.0 Å². The standard InChI is InChI=1S/C26H27NO6S.2C2H6/c1-4-13-34-16-18-5-10-21-22(14-18)26(31)27(25(21)30)15-23(28)33-12-11-32-20-8-6-19(7-9-20)24(29)17(2)3;2*1-2/h5-10,14H,2,4,11-13,15-16H2,1,3H3;2*1-2H3. The van der Waals surface area contributed by atoms with Gasteiger partial charge in [0.2, 0.25) is 0 Å². The third-order valence-corrected chi connectivity index (χ3v) is 6.29. The van der Waals surface area contributed by atoms with Crippen molar-refractivity contribution in [3.8, 4) is 5.75 Å². The van der Waals surface area contributed by atoms with Crippen molar-refractivity contribution in [2.75, 3.05) is 25.5 Å². The molecular formula is C30H39NO6S. The molecule has 3 rings (SSSR count). The van der Waals surface area contributed by atoms with Gasteiger partial charge in [-0.3, -0.25) is 24.1 Å². The summed E-state index contributed by atoms with van der Waals surface area (Å²) in [5.74, 6) is 0.482. The average Bonchev–Trinajstić information content (AvgIpc) is 3.17. The fourth-order valence-electron chi connectivity index (χ4n) is 3.34. The molecule has 2 aromatic carbocycles. The zero-order valence-corrected chi connectivity index (χ0v) is 24.1. The molecule has 0 fully saturated rings. The van der Waals surface area contributed by atoms with Gasteiger partial charge in [-0.05, 0) is 66.6 Å². The van der Waals surface area contributed by atoms with Crippen molar-refractivity contribution in [1.29, 1.82) is 0 Å². The Morgan fingerprint density at radius 3 is 2.16 bits per heavy atom. The summed E-state index contributed by atoms with van der Waals surface area (Å²) >= 11 is 1.76. The molecule has 0 unspecified atom stereocenters. The molecule has 0 bridgehead atoms. The Hall–Kier alpha value is -3.39. The molecule has 0 saturated carbocycles. The highest BCUT2D eigenvalue weighted by Gasteiger charge is 2.37. The van der Waals surface area contributed by atoms with Crippen molar-refractivity contribution in [3.63, 3.8) is 0 Å². The number of esters is 1. The van der Waals surface area contributed by atoms with E-state index < -0.39 is 24.3 Å². The highest BCUT2D eigenvalue weighted by atomic mass is 32.2. The molecule has 0 radical (unpaired) electrons. The van der Waals surface area contributed by atoms with Crippen LogP contribution in [0.4, 0.5) is 0 Å². The van der Waals surface area contributed by atoms with Crippen LogP contribution in [0, 0.1) is 0 Å². The number of imide groups is 1. The average molecular weight is 542 g/mol. The van der Waals surface area contributed by atoms with Gasteiger partial charge in [0.05, 0.1) is 11.1 Å². The van der Waals surface area contributed by atoms with Crippen LogP contribution in [0.15, 0.2) is 54.6 Å². The molecule has 2 aromatic rings. The largest absolute Gasteiger partial charge is 0.490 e. The summed E-state index contributed by atoms with van der Waals surface area (Å²) < 4.78 is 10.6. The summed E-state index contributed by atoms with van der Waals surface area (Å²) in [5, 5.41) is 0. The summed E-state index contributed by atoms with van der Waals surface area (Å²) in [4.78, 5) is 50.3. The molecule has 1 aliphatic heterocycles. The van der Waals surface area contributed by atoms with Gasteiger partial charge in [-0.25, -0.2) is 0 Å². The number of carbonyl (C=O) groups is 4. The van der Waals surface area contributed by atoms with Gasteiger partial charge in [-0.15, -0.1) is 0 Å². The van der Waals surface area contributed by atoms with E-state index in [0.717, 1.165) is 28.4 Å². The Labute approximate surface area is 230 Å². The van der Waals surface area contributed by atoms with Crippen molar-refractivity contribution >= 4 is 35.3 Å². The molecule has 0 saturated heterocycles. The minimum absolute atomic E-state index is 0.0484. The van der Waals surface area contributed by atoms with Crippen LogP contribution in [0.5, 0.6) is 5.75 Å². The molecule has 0 spiro atoms. The van der Waals surface area contributed by atoms with Crippen LogP contribution in [-0.2, 0) is 15.3 Å². The number of ketones is 1. The highest BCUT2D eigenvalue weighted by molar-refractivity contribution is 7.98. The fraction of sp³-hybridized carbons (Fsp3) is 0.400. The molecule has 8 heteroatoms. The normalized spacial score (nSPS) is 11.5. The van der Waals surface area contributed by atoms with Crippen LogP contribution in [0.25, 0.3) is 0 Å². The van der Waals surface area contributed by atoms with Gasteiger partial charge in [0, 0.05) is 11.3 Å². The minimum Gasteiger partial charge on any atom is -0.490 e.